The molecule has 0 amide bonds. The van der Waals surface area contributed by atoms with E-state index in [1.54, 1.807) is 6.92 Å². The molecule has 1 heterocycles. The number of hydrogen-bond acceptors (Lipinski definition) is 2. The molecule has 1 fully saturated rings. The molecule has 0 bridgehead atoms. The Labute approximate surface area is 57.7 Å². The molecule has 2 atom stereocenters. The Balaban J connectivity index is 2.93. The quantitative estimate of drug-likeness (QED) is 0.467. The lowest BCUT2D eigenvalue weighted by molar-refractivity contribution is 0.370. The molecule has 1 aliphatic heterocycles. The summed E-state index contributed by atoms with van der Waals surface area (Å²) in [5, 5.41) is 4.78. The van der Waals surface area contributed by atoms with E-state index in [-0.39, 0.29) is 0 Å². The van der Waals surface area contributed by atoms with Gasteiger partial charge in [0.25, 0.3) is 0 Å². The Morgan fingerprint density at radius 3 is 3.00 bits per heavy atom. The third-order valence-corrected chi connectivity index (χ3v) is 0.972. The van der Waals surface area contributed by atoms with Crippen LogP contribution < -0.4 is 10.6 Å². The zero-order chi connectivity index (χ0) is 10.5. The van der Waals surface area contributed by atoms with Crippen LogP contribution in [0.15, 0.2) is 0 Å². The van der Waals surface area contributed by atoms with Gasteiger partial charge in [-0.15, -0.1) is 0 Å². The number of piperazine rings is 1. The molecular formula is C6H14N2. The Hall–Kier alpha value is -0.0800. The van der Waals surface area contributed by atoms with Gasteiger partial charge >= 0.3 is 0 Å². The van der Waals surface area contributed by atoms with E-state index in [0.29, 0.717) is 0 Å². The van der Waals surface area contributed by atoms with Crippen molar-refractivity contribution in [2.24, 2.45) is 0 Å². The van der Waals surface area contributed by atoms with Crippen molar-refractivity contribution >= 4 is 0 Å². The lowest BCUT2D eigenvalue weighted by atomic mass is 10.2. The first kappa shape index (κ1) is 2.27. The average Bonchev–Trinajstić information content (AvgIpc) is 1.80. The van der Waals surface area contributed by atoms with E-state index in [2.05, 4.69) is 10.6 Å². The summed E-state index contributed by atoms with van der Waals surface area (Å²) < 4.78 is 37.4. The number of hydrogen-bond donors (Lipinski definition) is 2. The van der Waals surface area contributed by atoms with Gasteiger partial charge < -0.3 is 10.6 Å². The molecule has 0 saturated carbocycles. The Morgan fingerprint density at radius 2 is 2.38 bits per heavy atom. The molecule has 1 rings (SSSR count). The summed E-state index contributed by atoms with van der Waals surface area (Å²) in [5.41, 5.74) is 0. The standard InChI is InChI=1S/C6H14N2/c1-5-3-7-4-6(2)8-5/h5-8H,3-4H2,1-2H3/i3D2,4D2,5D. The van der Waals surface area contributed by atoms with Crippen molar-refractivity contribution in [3.63, 3.8) is 0 Å². The monoisotopic (exact) mass is 119 g/mol. The highest BCUT2D eigenvalue weighted by Crippen LogP contribution is 1.90. The van der Waals surface area contributed by atoms with Crippen molar-refractivity contribution in [3.8, 4) is 0 Å². The number of nitrogens with one attached hydrogen (secondary N) is 2. The van der Waals surface area contributed by atoms with Crippen LogP contribution in [0.1, 0.15) is 20.7 Å². The molecule has 2 heteroatoms. The fourth-order valence-corrected chi connectivity index (χ4v) is 0.635. The predicted octanol–water partition coefficient (Wildman–Crippen LogP) is -0.0438. The van der Waals surface area contributed by atoms with E-state index in [1.807, 2.05) is 0 Å². The van der Waals surface area contributed by atoms with Crippen LogP contribution in [0.3, 0.4) is 0 Å². The minimum Gasteiger partial charge on any atom is -0.314 e. The predicted molar refractivity (Wildman–Crippen MR) is 34.9 cm³/mol. The third-order valence-electron chi connectivity index (χ3n) is 0.972. The fourth-order valence-electron chi connectivity index (χ4n) is 0.635. The number of rotatable bonds is 0. The van der Waals surface area contributed by atoms with Gasteiger partial charge in [-0.1, -0.05) is 0 Å². The molecule has 48 valence electrons. The van der Waals surface area contributed by atoms with E-state index >= 15 is 0 Å². The van der Waals surface area contributed by atoms with Crippen molar-refractivity contribution in [1.82, 2.24) is 10.6 Å². The van der Waals surface area contributed by atoms with Gasteiger partial charge in [0.15, 0.2) is 0 Å². The van der Waals surface area contributed by atoms with Crippen molar-refractivity contribution in [3.05, 3.63) is 0 Å². The SMILES string of the molecule is [2H]C1([2H])NC([2H])([2H])C([2H])(C)NC1C. The van der Waals surface area contributed by atoms with Gasteiger partial charge in [-0.3, -0.25) is 0 Å². The van der Waals surface area contributed by atoms with Crippen molar-refractivity contribution in [2.45, 2.75) is 25.9 Å². The Morgan fingerprint density at radius 1 is 1.62 bits per heavy atom. The maximum absolute atomic E-state index is 7.62. The summed E-state index contributed by atoms with van der Waals surface area (Å²) in [6, 6.07) is -2.11. The van der Waals surface area contributed by atoms with Gasteiger partial charge in [0.1, 0.15) is 0 Å². The summed E-state index contributed by atoms with van der Waals surface area (Å²) in [5.74, 6) is 0. The summed E-state index contributed by atoms with van der Waals surface area (Å²) in [6.07, 6.45) is 0. The Bertz CT molecular complexity index is 215. The van der Waals surface area contributed by atoms with E-state index in [0.717, 1.165) is 0 Å². The van der Waals surface area contributed by atoms with Crippen LogP contribution in [0.25, 0.3) is 0 Å². The molecular weight excluding hydrogens is 100 g/mol. The summed E-state index contributed by atoms with van der Waals surface area (Å²) in [7, 11) is 0. The van der Waals surface area contributed by atoms with Gasteiger partial charge in [0.05, 0.1) is 0 Å². The van der Waals surface area contributed by atoms with Crippen molar-refractivity contribution in [1.29, 1.82) is 0 Å². The van der Waals surface area contributed by atoms with E-state index in [4.69, 9.17) is 6.85 Å². The third kappa shape index (κ3) is 1.46. The molecule has 0 spiro atoms. The first-order valence-corrected chi connectivity index (χ1v) is 2.65. The summed E-state index contributed by atoms with van der Waals surface area (Å²) in [4.78, 5) is 0. The zero-order valence-corrected chi connectivity index (χ0v) is 5.08. The lowest BCUT2D eigenvalue weighted by Gasteiger charge is -2.26. The van der Waals surface area contributed by atoms with Gasteiger partial charge in [-0.25, -0.2) is 0 Å². The zero-order valence-electron chi connectivity index (χ0n) is 10.1. The lowest BCUT2D eigenvalue weighted by Crippen LogP contribution is -2.52. The van der Waals surface area contributed by atoms with Gasteiger partial charge in [-0.05, 0) is 13.8 Å². The van der Waals surface area contributed by atoms with E-state index in [1.165, 1.54) is 6.92 Å². The highest BCUT2D eigenvalue weighted by molar-refractivity contribution is 4.76. The van der Waals surface area contributed by atoms with Crippen LogP contribution in [0, 0.1) is 0 Å². The molecule has 1 aliphatic rings. The van der Waals surface area contributed by atoms with E-state index in [9.17, 15) is 0 Å². The van der Waals surface area contributed by atoms with Crippen LogP contribution >= 0.6 is 0 Å². The summed E-state index contributed by atoms with van der Waals surface area (Å²) in [6.45, 7) is -0.951. The van der Waals surface area contributed by atoms with Crippen LogP contribution in [0.4, 0.5) is 0 Å². The fraction of sp³-hybridized carbons (Fsp3) is 1.00. The molecule has 1 saturated heterocycles. The average molecular weight is 119 g/mol. The second kappa shape index (κ2) is 2.46. The molecule has 0 aromatic carbocycles. The molecule has 0 aliphatic carbocycles. The van der Waals surface area contributed by atoms with Crippen molar-refractivity contribution < 1.29 is 6.85 Å². The second-order valence-corrected chi connectivity index (χ2v) is 1.89. The first-order valence-electron chi connectivity index (χ1n) is 5.15. The molecule has 0 radical (unpaired) electrons. The largest absolute Gasteiger partial charge is 0.314 e. The van der Waals surface area contributed by atoms with Crippen LogP contribution in [-0.2, 0) is 0 Å². The highest BCUT2D eigenvalue weighted by atomic mass is 15.1. The molecule has 8 heavy (non-hydrogen) atoms. The van der Waals surface area contributed by atoms with Crippen LogP contribution in [0.5, 0.6) is 0 Å². The minimum absolute atomic E-state index is 0.598. The van der Waals surface area contributed by atoms with Crippen LogP contribution in [-0.4, -0.2) is 25.1 Å². The molecule has 0 aromatic heterocycles. The highest BCUT2D eigenvalue weighted by Gasteiger charge is 2.11. The molecule has 2 N–H and O–H groups in total. The Kier molecular flexibility index (Phi) is 0.700. The summed E-state index contributed by atoms with van der Waals surface area (Å²) >= 11 is 0. The maximum Gasteiger partial charge on any atom is 0.0475 e. The second-order valence-electron chi connectivity index (χ2n) is 1.89. The van der Waals surface area contributed by atoms with Gasteiger partial charge in [0, 0.05) is 31.9 Å². The molecule has 2 unspecified atom stereocenters. The smallest absolute Gasteiger partial charge is 0.0475 e. The molecule has 0 aromatic rings. The van der Waals surface area contributed by atoms with Crippen LogP contribution in [0.2, 0.25) is 0 Å². The normalized spacial score (nSPS) is 70.8. The van der Waals surface area contributed by atoms with Crippen molar-refractivity contribution in [2.75, 3.05) is 13.0 Å². The topological polar surface area (TPSA) is 24.1 Å². The van der Waals surface area contributed by atoms with Gasteiger partial charge in [0.2, 0.25) is 0 Å². The minimum atomic E-state index is -2.08. The maximum atomic E-state index is 7.62. The van der Waals surface area contributed by atoms with Gasteiger partial charge in [-0.2, -0.15) is 0 Å². The first-order chi connectivity index (χ1) is 5.58. The molecule has 2 nitrogen and oxygen atoms in total. The van der Waals surface area contributed by atoms with E-state index < -0.39 is 25.1 Å².